The average molecular weight is 262 g/mol. The lowest BCUT2D eigenvalue weighted by Gasteiger charge is -2.05. The van der Waals surface area contributed by atoms with Crippen LogP contribution in [0.15, 0.2) is 66.7 Å². The van der Waals surface area contributed by atoms with Crippen molar-refractivity contribution in [2.24, 2.45) is 0 Å². The summed E-state index contributed by atoms with van der Waals surface area (Å²) in [6, 6.07) is 20.6. The quantitative estimate of drug-likeness (QED) is 0.725. The number of fused-ring (bicyclic) bond motifs is 1. The van der Waals surface area contributed by atoms with Crippen molar-refractivity contribution < 1.29 is 9.90 Å². The molecule has 0 heterocycles. The SMILES string of the molecule is O=C(Cc1ccccc1O)c1ccc2ccccc2c1. The van der Waals surface area contributed by atoms with Crippen molar-refractivity contribution in [3.8, 4) is 5.75 Å². The van der Waals surface area contributed by atoms with E-state index in [9.17, 15) is 9.90 Å². The maximum absolute atomic E-state index is 12.3. The lowest BCUT2D eigenvalue weighted by Crippen LogP contribution is -2.03. The molecule has 2 nitrogen and oxygen atoms in total. The average Bonchev–Trinajstić information content (AvgIpc) is 2.49. The Morgan fingerprint density at radius 1 is 0.850 bits per heavy atom. The number of hydrogen-bond acceptors (Lipinski definition) is 2. The topological polar surface area (TPSA) is 37.3 Å². The van der Waals surface area contributed by atoms with Crippen LogP contribution < -0.4 is 0 Å². The predicted molar refractivity (Wildman–Crippen MR) is 80.1 cm³/mol. The third-order valence-corrected chi connectivity index (χ3v) is 3.41. The van der Waals surface area contributed by atoms with Gasteiger partial charge in [0.25, 0.3) is 0 Å². The van der Waals surface area contributed by atoms with E-state index in [0.29, 0.717) is 11.1 Å². The molecule has 3 aromatic rings. The molecule has 0 saturated carbocycles. The van der Waals surface area contributed by atoms with E-state index in [1.165, 1.54) is 0 Å². The maximum Gasteiger partial charge on any atom is 0.167 e. The Labute approximate surface area is 117 Å². The Kier molecular flexibility index (Phi) is 3.21. The molecule has 0 unspecified atom stereocenters. The number of phenolic OH excluding ortho intramolecular Hbond substituents is 1. The van der Waals surface area contributed by atoms with Crippen molar-refractivity contribution in [1.82, 2.24) is 0 Å². The maximum atomic E-state index is 12.3. The first-order valence-corrected chi connectivity index (χ1v) is 6.53. The van der Waals surface area contributed by atoms with E-state index in [1.54, 1.807) is 18.2 Å². The normalized spacial score (nSPS) is 10.6. The molecule has 0 atom stereocenters. The highest BCUT2D eigenvalue weighted by Gasteiger charge is 2.10. The van der Waals surface area contributed by atoms with Crippen molar-refractivity contribution in [3.05, 3.63) is 77.9 Å². The number of Topliss-reactive ketones (excluding diaryl/α,β-unsaturated/α-hetero) is 1. The Hall–Kier alpha value is -2.61. The van der Waals surface area contributed by atoms with Crippen LogP contribution in [-0.2, 0) is 6.42 Å². The van der Waals surface area contributed by atoms with Gasteiger partial charge in [-0.05, 0) is 22.9 Å². The molecule has 3 rings (SSSR count). The molecule has 20 heavy (non-hydrogen) atoms. The van der Waals surface area contributed by atoms with Gasteiger partial charge < -0.3 is 5.11 Å². The zero-order valence-corrected chi connectivity index (χ0v) is 10.9. The number of phenols is 1. The van der Waals surface area contributed by atoms with E-state index in [4.69, 9.17) is 0 Å². The minimum Gasteiger partial charge on any atom is -0.508 e. The van der Waals surface area contributed by atoms with E-state index in [2.05, 4.69) is 0 Å². The number of benzene rings is 3. The molecule has 2 heteroatoms. The minimum absolute atomic E-state index is 0.0113. The van der Waals surface area contributed by atoms with Crippen molar-refractivity contribution >= 4 is 16.6 Å². The minimum atomic E-state index is 0.0113. The van der Waals surface area contributed by atoms with E-state index in [1.807, 2.05) is 48.5 Å². The predicted octanol–water partition coefficient (Wildman–Crippen LogP) is 3.97. The summed E-state index contributed by atoms with van der Waals surface area (Å²) in [5, 5.41) is 11.9. The fourth-order valence-corrected chi connectivity index (χ4v) is 2.30. The highest BCUT2D eigenvalue weighted by molar-refractivity contribution is 6.01. The zero-order valence-electron chi connectivity index (χ0n) is 10.9. The van der Waals surface area contributed by atoms with Gasteiger partial charge in [-0.2, -0.15) is 0 Å². The first kappa shape index (κ1) is 12.4. The van der Waals surface area contributed by atoms with Crippen LogP contribution in [0.4, 0.5) is 0 Å². The van der Waals surface area contributed by atoms with Crippen LogP contribution in [-0.4, -0.2) is 10.9 Å². The molecule has 98 valence electrons. The van der Waals surface area contributed by atoms with Crippen molar-refractivity contribution in [1.29, 1.82) is 0 Å². The molecule has 0 saturated heterocycles. The van der Waals surface area contributed by atoms with Gasteiger partial charge in [0.05, 0.1) is 0 Å². The van der Waals surface area contributed by atoms with Crippen LogP contribution in [0.25, 0.3) is 10.8 Å². The number of carbonyl (C=O) groups is 1. The molecule has 0 amide bonds. The fraction of sp³-hybridized carbons (Fsp3) is 0.0556. The van der Waals surface area contributed by atoms with Gasteiger partial charge in [-0.15, -0.1) is 0 Å². The van der Waals surface area contributed by atoms with Crippen LogP contribution in [0.2, 0.25) is 0 Å². The van der Waals surface area contributed by atoms with Crippen molar-refractivity contribution in [2.75, 3.05) is 0 Å². The molecule has 0 aromatic heterocycles. The van der Waals surface area contributed by atoms with E-state index < -0.39 is 0 Å². The van der Waals surface area contributed by atoms with Gasteiger partial charge in [-0.1, -0.05) is 54.6 Å². The number of ketones is 1. The Bertz CT molecular complexity index is 775. The molecule has 0 aliphatic rings. The van der Waals surface area contributed by atoms with Gasteiger partial charge in [0.2, 0.25) is 0 Å². The van der Waals surface area contributed by atoms with Gasteiger partial charge in [-0.3, -0.25) is 4.79 Å². The lowest BCUT2D eigenvalue weighted by atomic mass is 9.99. The summed E-state index contributed by atoms with van der Waals surface area (Å²) >= 11 is 0. The highest BCUT2D eigenvalue weighted by Crippen LogP contribution is 2.20. The number of hydrogen-bond donors (Lipinski definition) is 1. The van der Waals surface area contributed by atoms with E-state index >= 15 is 0 Å². The number of para-hydroxylation sites is 1. The first-order chi connectivity index (χ1) is 9.74. The van der Waals surface area contributed by atoms with Crippen molar-refractivity contribution in [3.63, 3.8) is 0 Å². The van der Waals surface area contributed by atoms with Crippen LogP contribution in [0.5, 0.6) is 5.75 Å². The van der Waals surface area contributed by atoms with Crippen LogP contribution in [0, 0.1) is 0 Å². The third kappa shape index (κ3) is 2.41. The summed E-state index contributed by atoms with van der Waals surface area (Å²) in [5.41, 5.74) is 1.33. The molecule has 0 spiro atoms. The van der Waals surface area contributed by atoms with Crippen molar-refractivity contribution in [2.45, 2.75) is 6.42 Å². The highest BCUT2D eigenvalue weighted by atomic mass is 16.3. The van der Waals surface area contributed by atoms with Gasteiger partial charge in [-0.25, -0.2) is 0 Å². The number of rotatable bonds is 3. The standard InChI is InChI=1S/C18H14O2/c19-17-8-4-3-7-15(17)12-18(20)16-10-9-13-5-1-2-6-14(13)11-16/h1-11,19H,12H2. The summed E-state index contributed by atoms with van der Waals surface area (Å²) in [6.07, 6.45) is 0.213. The summed E-state index contributed by atoms with van der Waals surface area (Å²) in [5.74, 6) is 0.180. The summed E-state index contributed by atoms with van der Waals surface area (Å²) < 4.78 is 0. The van der Waals surface area contributed by atoms with Gasteiger partial charge >= 0.3 is 0 Å². The molecular weight excluding hydrogens is 248 g/mol. The molecule has 0 aliphatic carbocycles. The summed E-state index contributed by atoms with van der Waals surface area (Å²) in [6.45, 7) is 0. The Balaban J connectivity index is 1.91. The first-order valence-electron chi connectivity index (χ1n) is 6.53. The van der Waals surface area contributed by atoms with Gasteiger partial charge in [0.1, 0.15) is 5.75 Å². The number of carbonyl (C=O) groups excluding carboxylic acids is 1. The fourth-order valence-electron chi connectivity index (χ4n) is 2.30. The smallest absolute Gasteiger partial charge is 0.167 e. The molecule has 0 aliphatic heterocycles. The van der Waals surface area contributed by atoms with E-state index in [0.717, 1.165) is 10.8 Å². The summed E-state index contributed by atoms with van der Waals surface area (Å²) in [7, 11) is 0. The monoisotopic (exact) mass is 262 g/mol. The van der Waals surface area contributed by atoms with Gasteiger partial charge in [0.15, 0.2) is 5.78 Å². The van der Waals surface area contributed by atoms with E-state index in [-0.39, 0.29) is 18.0 Å². The Morgan fingerprint density at radius 3 is 2.35 bits per heavy atom. The van der Waals surface area contributed by atoms with Crippen LogP contribution in [0.1, 0.15) is 15.9 Å². The number of aromatic hydroxyl groups is 1. The zero-order chi connectivity index (χ0) is 13.9. The van der Waals surface area contributed by atoms with Gasteiger partial charge in [0, 0.05) is 17.5 Å². The molecule has 3 aromatic carbocycles. The lowest BCUT2D eigenvalue weighted by molar-refractivity contribution is 0.0992. The molecule has 0 fully saturated rings. The van der Waals surface area contributed by atoms with Crippen LogP contribution >= 0.6 is 0 Å². The molecule has 0 bridgehead atoms. The molecule has 1 N–H and O–H groups in total. The second-order valence-corrected chi connectivity index (χ2v) is 4.79. The summed E-state index contributed by atoms with van der Waals surface area (Å²) in [4.78, 5) is 12.3. The second-order valence-electron chi connectivity index (χ2n) is 4.79. The Morgan fingerprint density at radius 2 is 1.55 bits per heavy atom. The molecular formula is C18H14O2. The van der Waals surface area contributed by atoms with Crippen LogP contribution in [0.3, 0.4) is 0 Å². The second kappa shape index (κ2) is 5.17. The third-order valence-electron chi connectivity index (χ3n) is 3.41. The molecule has 0 radical (unpaired) electrons. The largest absolute Gasteiger partial charge is 0.508 e.